The molecule has 1 aromatic heterocycles. The summed E-state index contributed by atoms with van der Waals surface area (Å²) in [7, 11) is 0. The van der Waals surface area contributed by atoms with Gasteiger partial charge in [0.25, 0.3) is 0 Å². The van der Waals surface area contributed by atoms with E-state index in [9.17, 15) is 10.1 Å². The highest BCUT2D eigenvalue weighted by Gasteiger charge is 2.20. The molecule has 18 heavy (non-hydrogen) atoms. The standard InChI is InChI=1S/C12H17N3O3/c16-8-5-10-3-6-14(7-4-10)11-1-2-12(13-9-11)15(17)18/h1-2,9-10,16H,3-8H2. The Hall–Kier alpha value is -1.69. The van der Waals surface area contributed by atoms with Crippen molar-refractivity contribution < 1.29 is 10.0 Å². The lowest BCUT2D eigenvalue weighted by Crippen LogP contribution is -2.33. The number of hydrogen-bond donors (Lipinski definition) is 1. The summed E-state index contributed by atoms with van der Waals surface area (Å²) in [4.78, 5) is 16.0. The highest BCUT2D eigenvalue weighted by molar-refractivity contribution is 5.46. The molecule has 0 aliphatic carbocycles. The zero-order valence-corrected chi connectivity index (χ0v) is 10.2. The van der Waals surface area contributed by atoms with Gasteiger partial charge in [-0.15, -0.1) is 0 Å². The minimum Gasteiger partial charge on any atom is -0.396 e. The summed E-state index contributed by atoms with van der Waals surface area (Å²) in [5.74, 6) is 0.478. The summed E-state index contributed by atoms with van der Waals surface area (Å²) in [6, 6.07) is 3.19. The lowest BCUT2D eigenvalue weighted by molar-refractivity contribution is -0.389. The average molecular weight is 251 g/mol. The number of aliphatic hydroxyl groups excluding tert-OH is 1. The van der Waals surface area contributed by atoms with Gasteiger partial charge in [0.2, 0.25) is 0 Å². The third kappa shape index (κ3) is 2.95. The molecule has 2 heterocycles. The lowest BCUT2D eigenvalue weighted by Gasteiger charge is -2.32. The van der Waals surface area contributed by atoms with Crippen LogP contribution in [0.3, 0.4) is 0 Å². The van der Waals surface area contributed by atoms with E-state index in [0.717, 1.165) is 38.0 Å². The number of pyridine rings is 1. The molecule has 1 saturated heterocycles. The number of nitrogens with zero attached hydrogens (tertiary/aromatic N) is 3. The van der Waals surface area contributed by atoms with Crippen molar-refractivity contribution >= 4 is 11.5 Å². The normalized spacial score (nSPS) is 16.8. The molecule has 6 nitrogen and oxygen atoms in total. The second-order valence-corrected chi connectivity index (χ2v) is 4.57. The zero-order chi connectivity index (χ0) is 13.0. The highest BCUT2D eigenvalue weighted by Crippen LogP contribution is 2.25. The van der Waals surface area contributed by atoms with Crippen molar-refractivity contribution in [2.45, 2.75) is 19.3 Å². The van der Waals surface area contributed by atoms with Gasteiger partial charge < -0.3 is 20.1 Å². The summed E-state index contributed by atoms with van der Waals surface area (Å²) in [6.45, 7) is 2.10. The molecule has 6 heteroatoms. The Morgan fingerprint density at radius 2 is 2.17 bits per heavy atom. The van der Waals surface area contributed by atoms with Gasteiger partial charge in [-0.2, -0.15) is 0 Å². The van der Waals surface area contributed by atoms with E-state index in [1.807, 2.05) is 0 Å². The van der Waals surface area contributed by atoms with Gasteiger partial charge in [0.15, 0.2) is 6.20 Å². The fourth-order valence-corrected chi connectivity index (χ4v) is 2.34. The maximum absolute atomic E-state index is 10.5. The van der Waals surface area contributed by atoms with Crippen LogP contribution in [0.2, 0.25) is 0 Å². The second kappa shape index (κ2) is 5.77. The number of rotatable bonds is 4. The molecule has 1 aliphatic heterocycles. The first-order valence-electron chi connectivity index (χ1n) is 6.17. The van der Waals surface area contributed by atoms with E-state index in [-0.39, 0.29) is 12.4 Å². The van der Waals surface area contributed by atoms with Crippen LogP contribution < -0.4 is 4.90 Å². The van der Waals surface area contributed by atoms with Gasteiger partial charge in [0.05, 0.1) is 5.69 Å². The largest absolute Gasteiger partial charge is 0.396 e. The first-order valence-corrected chi connectivity index (χ1v) is 6.17. The number of aliphatic hydroxyl groups is 1. The van der Waals surface area contributed by atoms with Gasteiger partial charge >= 0.3 is 5.82 Å². The molecule has 1 fully saturated rings. The lowest BCUT2D eigenvalue weighted by atomic mass is 9.94. The van der Waals surface area contributed by atoms with E-state index in [1.165, 1.54) is 6.07 Å². The Labute approximate surface area is 105 Å². The smallest absolute Gasteiger partial charge is 0.363 e. The monoisotopic (exact) mass is 251 g/mol. The molecule has 0 saturated carbocycles. The predicted molar refractivity (Wildman–Crippen MR) is 67.5 cm³/mol. The van der Waals surface area contributed by atoms with Gasteiger partial charge in [-0.25, -0.2) is 0 Å². The van der Waals surface area contributed by atoms with Crippen LogP contribution in [0.25, 0.3) is 0 Å². The molecular weight excluding hydrogens is 234 g/mol. The third-order valence-corrected chi connectivity index (χ3v) is 3.44. The predicted octanol–water partition coefficient (Wildman–Crippen LogP) is 1.59. The summed E-state index contributed by atoms with van der Waals surface area (Å²) in [5, 5.41) is 19.4. The molecular formula is C12H17N3O3. The second-order valence-electron chi connectivity index (χ2n) is 4.57. The molecule has 0 aromatic carbocycles. The SMILES string of the molecule is O=[N+]([O-])c1ccc(N2CCC(CCO)CC2)cn1. The molecule has 0 radical (unpaired) electrons. The minimum atomic E-state index is -0.489. The number of nitro groups is 1. The van der Waals surface area contributed by atoms with Gasteiger partial charge in [-0.05, 0) is 41.2 Å². The van der Waals surface area contributed by atoms with Crippen molar-refractivity contribution in [1.82, 2.24) is 4.98 Å². The summed E-state index contributed by atoms with van der Waals surface area (Å²) in [6.07, 6.45) is 4.53. The minimum absolute atomic E-state index is 0.117. The first-order chi connectivity index (χ1) is 8.70. The van der Waals surface area contributed by atoms with E-state index >= 15 is 0 Å². The van der Waals surface area contributed by atoms with Crippen LogP contribution in [-0.4, -0.2) is 34.7 Å². The number of hydrogen-bond acceptors (Lipinski definition) is 5. The van der Waals surface area contributed by atoms with Gasteiger partial charge in [0, 0.05) is 25.8 Å². The van der Waals surface area contributed by atoms with Crippen LogP contribution in [-0.2, 0) is 0 Å². The Kier molecular flexibility index (Phi) is 4.09. The van der Waals surface area contributed by atoms with Crippen LogP contribution in [0, 0.1) is 16.0 Å². The van der Waals surface area contributed by atoms with E-state index < -0.39 is 4.92 Å². The van der Waals surface area contributed by atoms with Crippen molar-refractivity contribution in [3.05, 3.63) is 28.4 Å². The highest BCUT2D eigenvalue weighted by atomic mass is 16.6. The fraction of sp³-hybridized carbons (Fsp3) is 0.583. The molecule has 0 unspecified atom stereocenters. The molecule has 0 amide bonds. The Morgan fingerprint density at radius 3 is 2.67 bits per heavy atom. The van der Waals surface area contributed by atoms with E-state index in [0.29, 0.717) is 5.92 Å². The summed E-state index contributed by atoms with van der Waals surface area (Å²) < 4.78 is 0. The van der Waals surface area contributed by atoms with Crippen LogP contribution in [0.15, 0.2) is 18.3 Å². The van der Waals surface area contributed by atoms with E-state index in [4.69, 9.17) is 5.11 Å². The van der Waals surface area contributed by atoms with E-state index in [2.05, 4.69) is 9.88 Å². The molecule has 1 aromatic rings. The molecule has 0 spiro atoms. The van der Waals surface area contributed by atoms with Crippen molar-refractivity contribution in [3.8, 4) is 0 Å². The van der Waals surface area contributed by atoms with Crippen LogP contribution in [0.1, 0.15) is 19.3 Å². The Bertz CT molecular complexity index is 400. The Balaban J connectivity index is 1.95. The summed E-state index contributed by atoms with van der Waals surface area (Å²) in [5.41, 5.74) is 0.933. The van der Waals surface area contributed by atoms with Gasteiger partial charge in [0.1, 0.15) is 0 Å². The maximum Gasteiger partial charge on any atom is 0.363 e. The molecule has 2 rings (SSSR count). The molecule has 1 N–H and O–H groups in total. The first kappa shape index (κ1) is 12.8. The van der Waals surface area contributed by atoms with Gasteiger partial charge in [-0.3, -0.25) is 0 Å². The molecule has 1 aliphatic rings. The van der Waals surface area contributed by atoms with Crippen molar-refractivity contribution in [3.63, 3.8) is 0 Å². The van der Waals surface area contributed by atoms with Gasteiger partial charge in [-0.1, -0.05) is 0 Å². The quantitative estimate of drug-likeness (QED) is 0.649. The van der Waals surface area contributed by atoms with Crippen LogP contribution in [0.5, 0.6) is 0 Å². The number of piperidine rings is 1. The van der Waals surface area contributed by atoms with Crippen LogP contribution in [0.4, 0.5) is 11.5 Å². The maximum atomic E-state index is 10.5. The molecule has 0 atom stereocenters. The zero-order valence-electron chi connectivity index (χ0n) is 10.2. The Morgan fingerprint density at radius 1 is 1.44 bits per heavy atom. The van der Waals surface area contributed by atoms with Crippen molar-refractivity contribution in [2.24, 2.45) is 5.92 Å². The fourth-order valence-electron chi connectivity index (χ4n) is 2.34. The summed E-state index contributed by atoms with van der Waals surface area (Å²) >= 11 is 0. The number of anilines is 1. The molecule has 98 valence electrons. The van der Waals surface area contributed by atoms with E-state index in [1.54, 1.807) is 12.3 Å². The molecule has 0 bridgehead atoms. The third-order valence-electron chi connectivity index (χ3n) is 3.44. The number of aromatic nitrogens is 1. The van der Waals surface area contributed by atoms with Crippen molar-refractivity contribution in [1.29, 1.82) is 0 Å². The topological polar surface area (TPSA) is 79.5 Å². The average Bonchev–Trinajstić information content (AvgIpc) is 2.40. The van der Waals surface area contributed by atoms with Crippen molar-refractivity contribution in [2.75, 3.05) is 24.6 Å². The van der Waals surface area contributed by atoms with Crippen LogP contribution >= 0.6 is 0 Å².